The second-order valence-corrected chi connectivity index (χ2v) is 7.84. The van der Waals surface area contributed by atoms with E-state index in [-0.39, 0.29) is 4.90 Å². The molecule has 0 amide bonds. The number of rotatable bonds is 7. The minimum Gasteiger partial charge on any atom is -0.493 e. The average molecular weight is 399 g/mol. The molecule has 3 rings (SSSR count). The fraction of sp³-hybridized carbons (Fsp3) is 0.143. The van der Waals surface area contributed by atoms with E-state index < -0.39 is 10.0 Å². The van der Waals surface area contributed by atoms with Gasteiger partial charge in [0.25, 0.3) is 10.0 Å². The van der Waals surface area contributed by atoms with Crippen LogP contribution in [0.5, 0.6) is 23.0 Å². The Balaban J connectivity index is 1.98. The molecule has 0 radical (unpaired) electrons. The second kappa shape index (κ2) is 8.22. The Morgan fingerprint density at radius 2 is 1.39 bits per heavy atom. The fourth-order valence-corrected chi connectivity index (χ4v) is 3.91. The number of nitrogens with zero attached hydrogens (tertiary/aromatic N) is 1. The van der Waals surface area contributed by atoms with Crippen LogP contribution in [-0.4, -0.2) is 29.7 Å². The summed E-state index contributed by atoms with van der Waals surface area (Å²) in [4.78, 5) is 0.0853. The molecular formula is C21H21NO5S. The first-order chi connectivity index (χ1) is 13.5. The van der Waals surface area contributed by atoms with Gasteiger partial charge < -0.3 is 14.2 Å². The topological polar surface area (TPSA) is 65.1 Å². The lowest BCUT2D eigenvalue weighted by Crippen LogP contribution is -2.27. The quantitative estimate of drug-likeness (QED) is 0.592. The van der Waals surface area contributed by atoms with Gasteiger partial charge in [0.05, 0.1) is 24.8 Å². The van der Waals surface area contributed by atoms with E-state index in [1.54, 1.807) is 42.5 Å². The number of hydrogen-bond acceptors (Lipinski definition) is 5. The molecule has 0 saturated heterocycles. The Morgan fingerprint density at radius 3 is 2.07 bits per heavy atom. The molecule has 146 valence electrons. The summed E-state index contributed by atoms with van der Waals surface area (Å²) in [5.74, 6) is 1.84. The van der Waals surface area contributed by atoms with E-state index in [1.165, 1.54) is 37.7 Å². The van der Waals surface area contributed by atoms with Crippen LogP contribution in [0.3, 0.4) is 0 Å². The van der Waals surface area contributed by atoms with Crippen molar-refractivity contribution < 1.29 is 22.6 Å². The lowest BCUT2D eigenvalue weighted by molar-refractivity contribution is 0.354. The van der Waals surface area contributed by atoms with Gasteiger partial charge in [-0.3, -0.25) is 4.31 Å². The van der Waals surface area contributed by atoms with Gasteiger partial charge in [0.1, 0.15) is 5.75 Å². The van der Waals surface area contributed by atoms with Gasteiger partial charge in [0.2, 0.25) is 0 Å². The van der Waals surface area contributed by atoms with Crippen LogP contribution in [0, 0.1) is 0 Å². The van der Waals surface area contributed by atoms with E-state index in [1.807, 2.05) is 18.2 Å². The molecule has 0 heterocycles. The average Bonchev–Trinajstić information content (AvgIpc) is 2.73. The van der Waals surface area contributed by atoms with Crippen molar-refractivity contribution in [1.82, 2.24) is 0 Å². The number of hydrogen-bond donors (Lipinski definition) is 0. The molecule has 6 nitrogen and oxygen atoms in total. The summed E-state index contributed by atoms with van der Waals surface area (Å²) in [5, 5.41) is 0. The van der Waals surface area contributed by atoms with Gasteiger partial charge in [-0.05, 0) is 36.4 Å². The van der Waals surface area contributed by atoms with Gasteiger partial charge in [-0.15, -0.1) is 0 Å². The summed E-state index contributed by atoms with van der Waals surface area (Å²) < 4.78 is 43.8. The number of para-hydroxylation sites is 3. The molecule has 0 aliphatic carbocycles. The van der Waals surface area contributed by atoms with Gasteiger partial charge in [-0.1, -0.05) is 30.3 Å². The Kier molecular flexibility index (Phi) is 5.75. The minimum absolute atomic E-state index is 0.0853. The number of benzene rings is 3. The van der Waals surface area contributed by atoms with Crippen LogP contribution in [0.15, 0.2) is 77.7 Å². The van der Waals surface area contributed by atoms with E-state index in [4.69, 9.17) is 14.2 Å². The van der Waals surface area contributed by atoms with Crippen molar-refractivity contribution in [3.63, 3.8) is 0 Å². The molecule has 0 aromatic heterocycles. The van der Waals surface area contributed by atoms with E-state index in [2.05, 4.69) is 0 Å². The van der Waals surface area contributed by atoms with Crippen molar-refractivity contribution in [1.29, 1.82) is 0 Å². The van der Waals surface area contributed by atoms with Crippen molar-refractivity contribution in [2.24, 2.45) is 0 Å². The fourth-order valence-electron chi connectivity index (χ4n) is 2.68. The molecule has 0 atom stereocenters. The van der Waals surface area contributed by atoms with Crippen molar-refractivity contribution in [3.8, 4) is 23.0 Å². The van der Waals surface area contributed by atoms with Crippen LogP contribution >= 0.6 is 0 Å². The zero-order valence-electron chi connectivity index (χ0n) is 15.8. The maximum Gasteiger partial charge on any atom is 0.264 e. The Hall–Kier alpha value is -3.19. The third kappa shape index (κ3) is 3.89. The maximum atomic E-state index is 13.2. The van der Waals surface area contributed by atoms with Crippen molar-refractivity contribution >= 4 is 15.7 Å². The molecule has 0 fully saturated rings. The first-order valence-corrected chi connectivity index (χ1v) is 9.94. The summed E-state index contributed by atoms with van der Waals surface area (Å²) in [5.41, 5.74) is 0.418. The van der Waals surface area contributed by atoms with E-state index in [9.17, 15) is 8.42 Å². The maximum absolute atomic E-state index is 13.2. The van der Waals surface area contributed by atoms with Gasteiger partial charge in [-0.25, -0.2) is 8.42 Å². The van der Waals surface area contributed by atoms with E-state index in [0.29, 0.717) is 28.7 Å². The summed E-state index contributed by atoms with van der Waals surface area (Å²) in [6, 6.07) is 20.6. The smallest absolute Gasteiger partial charge is 0.264 e. The molecule has 0 aliphatic rings. The first kappa shape index (κ1) is 19.6. The monoisotopic (exact) mass is 399 g/mol. The highest BCUT2D eigenvalue weighted by atomic mass is 32.2. The first-order valence-electron chi connectivity index (χ1n) is 8.50. The lowest BCUT2D eigenvalue weighted by atomic mass is 10.3. The lowest BCUT2D eigenvalue weighted by Gasteiger charge is -2.22. The summed E-state index contributed by atoms with van der Waals surface area (Å²) in [6.07, 6.45) is 0. The normalized spacial score (nSPS) is 11.0. The number of anilines is 1. The minimum atomic E-state index is -3.85. The van der Waals surface area contributed by atoms with E-state index >= 15 is 0 Å². The highest BCUT2D eigenvalue weighted by Crippen LogP contribution is 2.36. The Bertz CT molecular complexity index is 1050. The molecule has 0 unspecified atom stereocenters. The second-order valence-electron chi connectivity index (χ2n) is 5.87. The van der Waals surface area contributed by atoms with Crippen LogP contribution in [0.2, 0.25) is 0 Å². The van der Waals surface area contributed by atoms with Crippen LogP contribution in [-0.2, 0) is 10.0 Å². The molecule has 0 saturated carbocycles. The van der Waals surface area contributed by atoms with Crippen molar-refractivity contribution in [3.05, 3.63) is 72.8 Å². The predicted octanol–water partition coefficient (Wildman–Crippen LogP) is 4.32. The zero-order valence-corrected chi connectivity index (χ0v) is 16.6. The molecule has 0 aliphatic heterocycles. The van der Waals surface area contributed by atoms with Gasteiger partial charge in [-0.2, -0.15) is 0 Å². The molecular weight excluding hydrogens is 378 g/mol. The third-order valence-corrected chi connectivity index (χ3v) is 5.96. The standard InChI is InChI=1S/C21H21NO5S/c1-22(28(23,24)17-13-14-20(25-2)21(15-17)26-3)18-11-7-8-12-19(18)27-16-9-5-4-6-10-16/h4-15H,1-3H3. The molecule has 28 heavy (non-hydrogen) atoms. The van der Waals surface area contributed by atoms with E-state index in [0.717, 1.165) is 0 Å². The van der Waals surface area contributed by atoms with Crippen LogP contribution in [0.25, 0.3) is 0 Å². The molecule has 0 N–H and O–H groups in total. The number of sulfonamides is 1. The Morgan fingerprint density at radius 1 is 0.750 bits per heavy atom. The highest BCUT2D eigenvalue weighted by molar-refractivity contribution is 7.92. The van der Waals surface area contributed by atoms with Gasteiger partial charge in [0.15, 0.2) is 17.2 Å². The largest absolute Gasteiger partial charge is 0.493 e. The molecule has 0 bridgehead atoms. The zero-order chi connectivity index (χ0) is 20.1. The molecule has 7 heteroatoms. The van der Waals surface area contributed by atoms with Crippen LogP contribution in [0.1, 0.15) is 0 Å². The SMILES string of the molecule is COc1ccc(S(=O)(=O)N(C)c2ccccc2Oc2ccccc2)cc1OC. The summed E-state index contributed by atoms with van der Waals surface area (Å²) >= 11 is 0. The summed E-state index contributed by atoms with van der Waals surface area (Å²) in [7, 11) is 0.593. The molecule has 3 aromatic carbocycles. The predicted molar refractivity (Wildman–Crippen MR) is 108 cm³/mol. The van der Waals surface area contributed by atoms with Crippen molar-refractivity contribution in [2.45, 2.75) is 4.90 Å². The highest BCUT2D eigenvalue weighted by Gasteiger charge is 2.25. The number of methoxy groups -OCH3 is 2. The van der Waals surface area contributed by atoms with Gasteiger partial charge >= 0.3 is 0 Å². The Labute approximate surface area is 165 Å². The number of ether oxygens (including phenoxy) is 3. The molecule has 3 aromatic rings. The van der Waals surface area contributed by atoms with Crippen LogP contribution in [0.4, 0.5) is 5.69 Å². The summed E-state index contributed by atoms with van der Waals surface area (Å²) in [6.45, 7) is 0. The third-order valence-electron chi connectivity index (χ3n) is 4.19. The van der Waals surface area contributed by atoms with Crippen molar-refractivity contribution in [2.75, 3.05) is 25.6 Å². The molecule has 0 spiro atoms. The van der Waals surface area contributed by atoms with Gasteiger partial charge in [0, 0.05) is 13.1 Å². The van der Waals surface area contributed by atoms with Crippen LogP contribution < -0.4 is 18.5 Å².